The minimum atomic E-state index is -3.19. The van der Waals surface area contributed by atoms with Crippen LogP contribution in [0.15, 0.2) is 66.7 Å². The van der Waals surface area contributed by atoms with Gasteiger partial charge in [-0.25, -0.2) is 8.42 Å². The molecule has 3 aromatic carbocycles. The highest BCUT2D eigenvalue weighted by atomic mass is 32.2. The van der Waals surface area contributed by atoms with Gasteiger partial charge in [-0.1, -0.05) is 0 Å². The summed E-state index contributed by atoms with van der Waals surface area (Å²) >= 11 is 1.42. The molecule has 2 N–H and O–H groups in total. The molecular formula is C26H24N2O5S2. The molecule has 1 saturated heterocycles. The summed E-state index contributed by atoms with van der Waals surface area (Å²) in [5.74, 6) is 0.155. The first-order valence-electron chi connectivity index (χ1n) is 11.1. The monoisotopic (exact) mass is 508 g/mol. The minimum absolute atomic E-state index is 0.126. The fourth-order valence-electron chi connectivity index (χ4n) is 4.37. The molecule has 0 bridgehead atoms. The number of rotatable bonds is 5. The lowest BCUT2D eigenvalue weighted by Crippen LogP contribution is -2.48. The summed E-state index contributed by atoms with van der Waals surface area (Å²) in [5, 5.41) is 20.4. The molecule has 0 saturated carbocycles. The van der Waals surface area contributed by atoms with Crippen LogP contribution in [-0.2, 0) is 10.0 Å². The molecule has 5 rings (SSSR count). The number of sulfonamides is 1. The van der Waals surface area contributed by atoms with Crippen molar-refractivity contribution in [3.63, 3.8) is 0 Å². The Labute approximate surface area is 207 Å². The standard InChI is InChI=1S/C26H24N2O5S2/c1-35(32,33)28-14-12-27(13-15-28)19-6-2-17(3-7-19)25(31)24-22-11-10-21(30)16-23(22)34-26(24)18-4-8-20(29)9-5-18/h2-11,16,29-30H,12-15H2,1H3. The minimum Gasteiger partial charge on any atom is -0.508 e. The summed E-state index contributed by atoms with van der Waals surface area (Å²) in [6.07, 6.45) is 1.23. The van der Waals surface area contributed by atoms with Crippen molar-refractivity contribution in [2.75, 3.05) is 37.3 Å². The number of aromatic hydroxyl groups is 2. The Hall–Kier alpha value is -3.40. The van der Waals surface area contributed by atoms with Crippen molar-refractivity contribution in [3.8, 4) is 21.9 Å². The second kappa shape index (κ2) is 8.99. The Kier molecular flexibility index (Phi) is 6.00. The average Bonchev–Trinajstić information content (AvgIpc) is 3.22. The van der Waals surface area contributed by atoms with Gasteiger partial charge in [-0.2, -0.15) is 4.31 Å². The van der Waals surface area contributed by atoms with Crippen molar-refractivity contribution >= 4 is 42.9 Å². The Bertz CT molecular complexity index is 1500. The van der Waals surface area contributed by atoms with Gasteiger partial charge < -0.3 is 15.1 Å². The molecule has 1 aromatic heterocycles. The molecule has 0 amide bonds. The smallest absolute Gasteiger partial charge is 0.211 e. The molecule has 180 valence electrons. The molecule has 1 aliphatic heterocycles. The lowest BCUT2D eigenvalue weighted by atomic mass is 9.97. The lowest BCUT2D eigenvalue weighted by molar-refractivity contribution is 0.104. The molecule has 1 aliphatic rings. The van der Waals surface area contributed by atoms with Crippen molar-refractivity contribution < 1.29 is 23.4 Å². The van der Waals surface area contributed by atoms with E-state index in [2.05, 4.69) is 4.90 Å². The first-order valence-corrected chi connectivity index (χ1v) is 13.8. The zero-order valence-corrected chi connectivity index (χ0v) is 20.6. The third kappa shape index (κ3) is 4.62. The van der Waals surface area contributed by atoms with Crippen LogP contribution in [0.25, 0.3) is 20.5 Å². The fraction of sp³-hybridized carbons (Fsp3) is 0.192. The van der Waals surface area contributed by atoms with Gasteiger partial charge in [0.25, 0.3) is 0 Å². The number of fused-ring (bicyclic) bond motifs is 1. The molecule has 35 heavy (non-hydrogen) atoms. The Balaban J connectivity index is 1.46. The predicted molar refractivity (Wildman–Crippen MR) is 139 cm³/mol. The van der Waals surface area contributed by atoms with Crippen molar-refractivity contribution in [1.82, 2.24) is 4.31 Å². The number of phenolic OH excluding ortho intramolecular Hbond substituents is 2. The second-order valence-corrected chi connectivity index (χ2v) is 11.6. The van der Waals surface area contributed by atoms with Gasteiger partial charge in [0.1, 0.15) is 11.5 Å². The number of hydrogen-bond acceptors (Lipinski definition) is 7. The number of ketones is 1. The topological polar surface area (TPSA) is 98.2 Å². The molecule has 0 spiro atoms. The number of carbonyl (C=O) groups excluding carboxylic acids is 1. The summed E-state index contributed by atoms with van der Waals surface area (Å²) in [4.78, 5) is 16.6. The highest BCUT2D eigenvalue weighted by molar-refractivity contribution is 7.88. The van der Waals surface area contributed by atoms with Gasteiger partial charge in [-0.3, -0.25) is 4.79 Å². The van der Waals surface area contributed by atoms with Crippen molar-refractivity contribution in [2.45, 2.75) is 0 Å². The lowest BCUT2D eigenvalue weighted by Gasteiger charge is -2.34. The molecule has 1 fully saturated rings. The summed E-state index contributed by atoms with van der Waals surface area (Å²) in [6.45, 7) is 2.04. The van der Waals surface area contributed by atoms with Crippen LogP contribution >= 0.6 is 11.3 Å². The number of thiophene rings is 1. The zero-order chi connectivity index (χ0) is 24.7. The van der Waals surface area contributed by atoms with Crippen LogP contribution < -0.4 is 4.90 Å². The van der Waals surface area contributed by atoms with E-state index >= 15 is 0 Å². The number of carbonyl (C=O) groups is 1. The number of benzene rings is 3. The average molecular weight is 509 g/mol. The Morgan fingerprint density at radius 2 is 1.49 bits per heavy atom. The van der Waals surface area contributed by atoms with Gasteiger partial charge in [0.2, 0.25) is 10.0 Å². The first-order chi connectivity index (χ1) is 16.7. The van der Waals surface area contributed by atoms with E-state index in [-0.39, 0.29) is 17.3 Å². The summed E-state index contributed by atoms with van der Waals surface area (Å²) in [5.41, 5.74) is 2.85. The molecule has 0 aliphatic carbocycles. The van der Waals surface area contributed by atoms with Crippen molar-refractivity contribution in [3.05, 3.63) is 77.9 Å². The van der Waals surface area contributed by atoms with Crippen LogP contribution in [0, 0.1) is 0 Å². The first kappa shape index (κ1) is 23.3. The third-order valence-corrected chi connectivity index (χ3v) is 8.74. The van der Waals surface area contributed by atoms with E-state index in [9.17, 15) is 23.4 Å². The van der Waals surface area contributed by atoms with Gasteiger partial charge in [-0.05, 0) is 72.3 Å². The fourth-order valence-corrected chi connectivity index (χ4v) is 6.44. The molecule has 0 radical (unpaired) electrons. The van der Waals surface area contributed by atoms with E-state index < -0.39 is 10.0 Å². The summed E-state index contributed by atoms with van der Waals surface area (Å²) in [7, 11) is -3.19. The molecule has 9 heteroatoms. The Morgan fingerprint density at radius 1 is 0.857 bits per heavy atom. The van der Waals surface area contributed by atoms with Crippen LogP contribution in [0.5, 0.6) is 11.5 Å². The quantitative estimate of drug-likeness (QED) is 0.390. The number of piperazine rings is 1. The number of nitrogens with zero attached hydrogens (tertiary/aromatic N) is 2. The molecule has 0 unspecified atom stereocenters. The van der Waals surface area contributed by atoms with Crippen LogP contribution in [0.1, 0.15) is 15.9 Å². The maximum Gasteiger partial charge on any atom is 0.211 e. The zero-order valence-electron chi connectivity index (χ0n) is 19.0. The van der Waals surface area contributed by atoms with E-state index in [0.29, 0.717) is 37.3 Å². The molecule has 7 nitrogen and oxygen atoms in total. The predicted octanol–water partition coefficient (Wildman–Crippen LogP) is 4.29. The summed E-state index contributed by atoms with van der Waals surface area (Å²) in [6, 6.07) is 19.1. The van der Waals surface area contributed by atoms with E-state index in [4.69, 9.17) is 0 Å². The van der Waals surface area contributed by atoms with E-state index in [0.717, 1.165) is 26.2 Å². The molecule has 4 aromatic rings. The normalized spacial score (nSPS) is 14.9. The highest BCUT2D eigenvalue weighted by Gasteiger charge is 2.25. The van der Waals surface area contributed by atoms with Crippen LogP contribution in [-0.4, -0.2) is 61.2 Å². The van der Waals surface area contributed by atoms with Crippen molar-refractivity contribution in [1.29, 1.82) is 0 Å². The number of anilines is 1. The van der Waals surface area contributed by atoms with E-state index in [1.165, 1.54) is 21.9 Å². The largest absolute Gasteiger partial charge is 0.508 e. The molecule has 2 heterocycles. The highest BCUT2D eigenvalue weighted by Crippen LogP contribution is 2.41. The second-order valence-electron chi connectivity index (χ2n) is 8.56. The van der Waals surface area contributed by atoms with Gasteiger partial charge >= 0.3 is 0 Å². The maximum absolute atomic E-state index is 13.7. The van der Waals surface area contributed by atoms with Gasteiger partial charge in [0, 0.05) is 58.0 Å². The summed E-state index contributed by atoms with van der Waals surface area (Å²) < 4.78 is 25.8. The van der Waals surface area contributed by atoms with Gasteiger partial charge in [0.15, 0.2) is 5.78 Å². The molecule has 0 atom stereocenters. The SMILES string of the molecule is CS(=O)(=O)N1CCN(c2ccc(C(=O)c3c(-c4ccc(O)cc4)sc4cc(O)ccc34)cc2)CC1. The van der Waals surface area contributed by atoms with Gasteiger partial charge in [0.05, 0.1) is 6.26 Å². The maximum atomic E-state index is 13.7. The molecular weight excluding hydrogens is 484 g/mol. The van der Waals surface area contributed by atoms with Gasteiger partial charge in [-0.15, -0.1) is 11.3 Å². The van der Waals surface area contributed by atoms with E-state index in [1.54, 1.807) is 54.6 Å². The number of hydrogen-bond donors (Lipinski definition) is 2. The van der Waals surface area contributed by atoms with Crippen molar-refractivity contribution in [2.24, 2.45) is 0 Å². The van der Waals surface area contributed by atoms with E-state index in [1.807, 2.05) is 12.1 Å². The van der Waals surface area contributed by atoms with Crippen LogP contribution in [0.3, 0.4) is 0 Å². The Morgan fingerprint density at radius 3 is 2.11 bits per heavy atom. The number of phenols is 2. The third-order valence-electron chi connectivity index (χ3n) is 6.23. The van der Waals surface area contributed by atoms with Crippen LogP contribution in [0.4, 0.5) is 5.69 Å². The van der Waals surface area contributed by atoms with Crippen LogP contribution in [0.2, 0.25) is 0 Å².